The second kappa shape index (κ2) is 5.31. The summed E-state index contributed by atoms with van der Waals surface area (Å²) in [6.07, 6.45) is 2.46. The van der Waals surface area contributed by atoms with Gasteiger partial charge in [0.25, 0.3) is 0 Å². The van der Waals surface area contributed by atoms with Crippen molar-refractivity contribution in [3.8, 4) is 0 Å². The van der Waals surface area contributed by atoms with E-state index in [1.165, 1.54) is 0 Å². The van der Waals surface area contributed by atoms with E-state index in [4.69, 9.17) is 4.74 Å². The summed E-state index contributed by atoms with van der Waals surface area (Å²) in [6, 6.07) is 9.28. The van der Waals surface area contributed by atoms with Gasteiger partial charge in [0.05, 0.1) is 35.2 Å². The first-order valence-electron chi connectivity index (χ1n) is 7.68. The smallest absolute Gasteiger partial charge is 0.310 e. The number of aromatic nitrogens is 1. The molecule has 3 heterocycles. The zero-order valence-electron chi connectivity index (χ0n) is 12.3. The average molecular weight is 312 g/mol. The highest BCUT2D eigenvalue weighted by molar-refractivity contribution is 6.02. The van der Waals surface area contributed by atoms with Crippen molar-refractivity contribution in [1.82, 2.24) is 4.98 Å². The molecule has 2 aromatic rings. The molecule has 0 spiro atoms. The van der Waals surface area contributed by atoms with Crippen LogP contribution in [-0.2, 0) is 14.3 Å². The van der Waals surface area contributed by atoms with E-state index in [1.54, 1.807) is 12.3 Å². The number of carboxylic acid groups (broad SMARTS) is 1. The number of rotatable bonds is 3. The first-order chi connectivity index (χ1) is 11.1. The van der Waals surface area contributed by atoms with Crippen molar-refractivity contribution in [2.24, 2.45) is 11.8 Å². The van der Waals surface area contributed by atoms with Gasteiger partial charge in [-0.25, -0.2) is 0 Å². The number of carboxylic acids is 1. The van der Waals surface area contributed by atoms with E-state index in [9.17, 15) is 14.7 Å². The van der Waals surface area contributed by atoms with Gasteiger partial charge < -0.3 is 15.2 Å². The Labute approximate surface area is 132 Å². The number of pyridine rings is 1. The molecule has 2 fully saturated rings. The second-order valence-electron chi connectivity index (χ2n) is 6.05. The zero-order chi connectivity index (χ0) is 16.0. The molecular formula is C17H16N2O4. The number of ether oxygens (including phenoxy) is 1. The summed E-state index contributed by atoms with van der Waals surface area (Å²) in [5.41, 5.74) is 1.29. The number of amides is 1. The molecule has 2 saturated heterocycles. The number of carbonyl (C=O) groups is 2. The molecule has 0 radical (unpaired) electrons. The number of hydrogen-bond acceptors (Lipinski definition) is 4. The number of nitrogens with one attached hydrogen (secondary N) is 1. The van der Waals surface area contributed by atoms with Gasteiger partial charge in [-0.05, 0) is 25.0 Å². The maximum atomic E-state index is 12.7. The Morgan fingerprint density at radius 2 is 1.87 bits per heavy atom. The highest BCUT2D eigenvalue weighted by Gasteiger charge is 2.55. The van der Waals surface area contributed by atoms with Crippen LogP contribution in [0, 0.1) is 11.8 Å². The predicted molar refractivity (Wildman–Crippen MR) is 82.9 cm³/mol. The second-order valence-corrected chi connectivity index (χ2v) is 6.05. The third-order valence-electron chi connectivity index (χ3n) is 4.75. The van der Waals surface area contributed by atoms with Gasteiger partial charge >= 0.3 is 5.97 Å². The van der Waals surface area contributed by atoms with Crippen LogP contribution < -0.4 is 5.32 Å². The van der Waals surface area contributed by atoms with Crippen LogP contribution in [-0.4, -0.2) is 34.2 Å². The summed E-state index contributed by atoms with van der Waals surface area (Å²) in [5.74, 6) is -2.68. The van der Waals surface area contributed by atoms with E-state index in [2.05, 4.69) is 10.3 Å². The van der Waals surface area contributed by atoms with Crippen molar-refractivity contribution in [1.29, 1.82) is 0 Å². The van der Waals surface area contributed by atoms with Crippen molar-refractivity contribution in [2.75, 3.05) is 5.32 Å². The van der Waals surface area contributed by atoms with E-state index in [-0.39, 0.29) is 18.1 Å². The molecule has 6 nitrogen and oxygen atoms in total. The topological polar surface area (TPSA) is 88.5 Å². The van der Waals surface area contributed by atoms with Crippen molar-refractivity contribution >= 4 is 28.5 Å². The summed E-state index contributed by atoms with van der Waals surface area (Å²) >= 11 is 0. The minimum Gasteiger partial charge on any atom is -0.481 e. The lowest BCUT2D eigenvalue weighted by Crippen LogP contribution is -2.41. The number of nitrogens with zero attached hydrogens (tertiary/aromatic N) is 1. The van der Waals surface area contributed by atoms with Crippen LogP contribution in [0.15, 0.2) is 36.5 Å². The average Bonchev–Trinajstić information content (AvgIpc) is 3.16. The van der Waals surface area contributed by atoms with Gasteiger partial charge in [-0.2, -0.15) is 0 Å². The van der Waals surface area contributed by atoms with E-state index >= 15 is 0 Å². The van der Waals surface area contributed by atoms with Crippen molar-refractivity contribution < 1.29 is 19.4 Å². The predicted octanol–water partition coefficient (Wildman–Crippen LogP) is 2.05. The summed E-state index contributed by atoms with van der Waals surface area (Å²) in [6.45, 7) is 0. The van der Waals surface area contributed by atoms with Crippen LogP contribution in [0.5, 0.6) is 0 Å². The molecule has 2 aliphatic rings. The minimum absolute atomic E-state index is 0.302. The first kappa shape index (κ1) is 14.1. The summed E-state index contributed by atoms with van der Waals surface area (Å²) < 4.78 is 5.65. The fourth-order valence-electron chi connectivity index (χ4n) is 3.75. The Bertz CT molecular complexity index is 786. The molecule has 2 N–H and O–H groups in total. The van der Waals surface area contributed by atoms with Gasteiger partial charge in [-0.15, -0.1) is 0 Å². The van der Waals surface area contributed by atoms with Crippen molar-refractivity contribution in [2.45, 2.75) is 25.0 Å². The van der Waals surface area contributed by atoms with Crippen LogP contribution in [0.1, 0.15) is 12.8 Å². The molecule has 4 rings (SSSR count). The molecule has 2 bridgehead atoms. The fraction of sp³-hybridized carbons (Fsp3) is 0.353. The summed E-state index contributed by atoms with van der Waals surface area (Å²) in [4.78, 5) is 28.5. The molecule has 0 aliphatic carbocycles. The lowest BCUT2D eigenvalue weighted by Gasteiger charge is -2.24. The third-order valence-corrected chi connectivity index (χ3v) is 4.75. The first-order valence-corrected chi connectivity index (χ1v) is 7.68. The lowest BCUT2D eigenvalue weighted by molar-refractivity contribution is -0.147. The van der Waals surface area contributed by atoms with Gasteiger partial charge in [0.2, 0.25) is 5.91 Å². The largest absolute Gasteiger partial charge is 0.481 e. The van der Waals surface area contributed by atoms with E-state index < -0.39 is 17.8 Å². The quantitative estimate of drug-likeness (QED) is 0.905. The maximum absolute atomic E-state index is 12.7. The molecule has 1 amide bonds. The molecule has 2 aliphatic heterocycles. The zero-order valence-corrected chi connectivity index (χ0v) is 12.3. The molecule has 6 heteroatoms. The molecular weight excluding hydrogens is 296 g/mol. The number of para-hydroxylation sites is 1. The molecule has 118 valence electrons. The SMILES string of the molecule is O=C(O)[C@@H]1[C@H](C(=O)Nc2cccc3cccnc23)[C@H]2CC[C@@H]1O2. The monoisotopic (exact) mass is 312 g/mol. The molecule has 23 heavy (non-hydrogen) atoms. The highest BCUT2D eigenvalue weighted by Crippen LogP contribution is 2.44. The van der Waals surface area contributed by atoms with E-state index in [0.717, 1.165) is 11.8 Å². The Hall–Kier alpha value is -2.47. The summed E-state index contributed by atoms with van der Waals surface area (Å²) in [5, 5.41) is 13.2. The van der Waals surface area contributed by atoms with Crippen LogP contribution in [0.3, 0.4) is 0 Å². The highest BCUT2D eigenvalue weighted by atomic mass is 16.5. The van der Waals surface area contributed by atoms with Crippen molar-refractivity contribution in [3.63, 3.8) is 0 Å². The minimum atomic E-state index is -0.964. The Morgan fingerprint density at radius 3 is 2.65 bits per heavy atom. The van der Waals surface area contributed by atoms with Crippen LogP contribution >= 0.6 is 0 Å². The number of benzene rings is 1. The standard InChI is InChI=1S/C17H16N2O4/c20-16(13-11-6-7-12(23-11)14(13)17(21)22)19-10-5-1-3-9-4-2-8-18-15(9)10/h1-5,8,11-14H,6-7H2,(H,19,20)(H,21,22)/t11-,12+,13-,14+/m1/s1. The van der Waals surface area contributed by atoms with E-state index in [0.29, 0.717) is 17.6 Å². The van der Waals surface area contributed by atoms with Crippen LogP contribution in [0.4, 0.5) is 5.69 Å². The molecule has 4 atom stereocenters. The maximum Gasteiger partial charge on any atom is 0.310 e. The van der Waals surface area contributed by atoms with Crippen molar-refractivity contribution in [3.05, 3.63) is 36.5 Å². The van der Waals surface area contributed by atoms with Gasteiger partial charge in [-0.1, -0.05) is 18.2 Å². The number of fused-ring (bicyclic) bond motifs is 3. The molecule has 1 aromatic carbocycles. The Kier molecular flexibility index (Phi) is 3.27. The molecule has 0 saturated carbocycles. The lowest BCUT2D eigenvalue weighted by atomic mass is 9.78. The number of aliphatic carboxylic acids is 1. The Morgan fingerprint density at radius 1 is 1.13 bits per heavy atom. The third kappa shape index (κ3) is 2.26. The normalized spacial score (nSPS) is 28.9. The number of anilines is 1. The number of carbonyl (C=O) groups excluding carboxylic acids is 1. The van der Waals surface area contributed by atoms with Crippen LogP contribution in [0.2, 0.25) is 0 Å². The van der Waals surface area contributed by atoms with Crippen LogP contribution in [0.25, 0.3) is 10.9 Å². The Balaban J connectivity index is 1.63. The fourth-order valence-corrected chi connectivity index (χ4v) is 3.75. The van der Waals surface area contributed by atoms with E-state index in [1.807, 2.05) is 24.3 Å². The van der Waals surface area contributed by atoms with Gasteiger partial charge in [0.15, 0.2) is 0 Å². The van der Waals surface area contributed by atoms with Gasteiger partial charge in [-0.3, -0.25) is 14.6 Å². The number of hydrogen-bond donors (Lipinski definition) is 2. The molecule has 0 unspecified atom stereocenters. The molecule has 1 aromatic heterocycles. The van der Waals surface area contributed by atoms with Gasteiger partial charge in [0.1, 0.15) is 0 Å². The summed E-state index contributed by atoms with van der Waals surface area (Å²) in [7, 11) is 0. The van der Waals surface area contributed by atoms with Gasteiger partial charge in [0, 0.05) is 11.6 Å².